The number of fused-ring (bicyclic) bond motifs is 2. The molecule has 4 aromatic rings. The van der Waals surface area contributed by atoms with Crippen LogP contribution in [0.1, 0.15) is 6.42 Å². The Labute approximate surface area is 159 Å². The molecule has 0 aliphatic rings. The summed E-state index contributed by atoms with van der Waals surface area (Å²) in [4.78, 5) is 16.7. The lowest BCUT2D eigenvalue weighted by atomic mass is 10.1. The molecular formula is C21H16ClFN2O2. The van der Waals surface area contributed by atoms with Gasteiger partial charge in [-0.05, 0) is 23.9 Å². The minimum absolute atomic E-state index is 0.0848. The molecule has 27 heavy (non-hydrogen) atoms. The Morgan fingerprint density at radius 2 is 1.89 bits per heavy atom. The molecule has 1 aromatic heterocycles. The first-order valence-electron chi connectivity index (χ1n) is 8.58. The van der Waals surface area contributed by atoms with Crippen molar-refractivity contribution in [1.29, 1.82) is 0 Å². The van der Waals surface area contributed by atoms with E-state index in [0.29, 0.717) is 30.5 Å². The number of nitrogens with zero attached hydrogens (tertiary/aromatic N) is 2. The number of hydrogen-bond donors (Lipinski definition) is 0. The van der Waals surface area contributed by atoms with Crippen LogP contribution in [-0.4, -0.2) is 16.2 Å². The van der Waals surface area contributed by atoms with Gasteiger partial charge in [0.25, 0.3) is 5.56 Å². The highest BCUT2D eigenvalue weighted by Gasteiger charge is 2.09. The van der Waals surface area contributed by atoms with E-state index in [0.717, 1.165) is 16.5 Å². The second-order valence-corrected chi connectivity index (χ2v) is 6.61. The van der Waals surface area contributed by atoms with Crippen molar-refractivity contribution >= 4 is 33.3 Å². The van der Waals surface area contributed by atoms with Gasteiger partial charge in [0.1, 0.15) is 11.6 Å². The van der Waals surface area contributed by atoms with Crippen molar-refractivity contribution < 1.29 is 9.13 Å². The highest BCUT2D eigenvalue weighted by molar-refractivity contribution is 6.31. The number of ether oxygens (including phenoxy) is 1. The molecule has 0 amide bonds. The van der Waals surface area contributed by atoms with Gasteiger partial charge in [0.05, 0.1) is 28.9 Å². The summed E-state index contributed by atoms with van der Waals surface area (Å²) in [6, 6.07) is 16.4. The van der Waals surface area contributed by atoms with Gasteiger partial charge in [0.2, 0.25) is 0 Å². The maximum atomic E-state index is 13.5. The zero-order chi connectivity index (χ0) is 18.8. The average Bonchev–Trinajstić information content (AvgIpc) is 2.68. The van der Waals surface area contributed by atoms with E-state index < -0.39 is 5.82 Å². The minimum Gasteiger partial charge on any atom is -0.493 e. The van der Waals surface area contributed by atoms with Crippen LogP contribution in [-0.2, 0) is 6.54 Å². The Balaban J connectivity index is 1.47. The molecule has 0 spiro atoms. The van der Waals surface area contributed by atoms with E-state index in [1.54, 1.807) is 0 Å². The van der Waals surface area contributed by atoms with Gasteiger partial charge in [-0.15, -0.1) is 0 Å². The zero-order valence-electron chi connectivity index (χ0n) is 14.4. The molecule has 1 heterocycles. The van der Waals surface area contributed by atoms with E-state index in [2.05, 4.69) is 4.98 Å². The molecule has 0 fully saturated rings. The molecule has 0 aliphatic carbocycles. The second kappa shape index (κ2) is 7.37. The van der Waals surface area contributed by atoms with Crippen molar-refractivity contribution in [2.45, 2.75) is 13.0 Å². The predicted molar refractivity (Wildman–Crippen MR) is 105 cm³/mol. The monoisotopic (exact) mass is 382 g/mol. The number of halogens is 2. The normalized spacial score (nSPS) is 11.2. The largest absolute Gasteiger partial charge is 0.493 e. The molecule has 4 rings (SSSR count). The standard InChI is InChI=1S/C21H16ClFN2O2/c22-17-11-16-19(12-18(17)23)24-13-25(21(16)26)9-4-10-27-20-8-3-6-14-5-1-2-7-15(14)20/h1-3,5-8,11-13H,4,9-10H2. The quantitative estimate of drug-likeness (QED) is 0.465. The van der Waals surface area contributed by atoms with Crippen LogP contribution in [0.15, 0.2) is 65.7 Å². The van der Waals surface area contributed by atoms with Crippen LogP contribution in [0.5, 0.6) is 5.75 Å². The Morgan fingerprint density at radius 3 is 2.78 bits per heavy atom. The number of aryl methyl sites for hydroxylation is 1. The first-order valence-corrected chi connectivity index (χ1v) is 8.96. The first-order chi connectivity index (χ1) is 13.1. The topological polar surface area (TPSA) is 44.1 Å². The van der Waals surface area contributed by atoms with Crippen LogP contribution in [0.3, 0.4) is 0 Å². The third-order valence-corrected chi connectivity index (χ3v) is 4.71. The summed E-state index contributed by atoms with van der Waals surface area (Å²) in [7, 11) is 0. The van der Waals surface area contributed by atoms with Gasteiger partial charge in [-0.3, -0.25) is 9.36 Å². The number of aromatic nitrogens is 2. The molecule has 0 radical (unpaired) electrons. The maximum absolute atomic E-state index is 13.5. The highest BCUT2D eigenvalue weighted by Crippen LogP contribution is 2.25. The van der Waals surface area contributed by atoms with E-state index in [4.69, 9.17) is 16.3 Å². The van der Waals surface area contributed by atoms with E-state index in [1.165, 1.54) is 23.0 Å². The Bertz CT molecular complexity index is 1180. The molecule has 136 valence electrons. The summed E-state index contributed by atoms with van der Waals surface area (Å²) in [6.45, 7) is 0.907. The number of hydrogen-bond acceptors (Lipinski definition) is 3. The van der Waals surface area contributed by atoms with E-state index in [1.807, 2.05) is 42.5 Å². The van der Waals surface area contributed by atoms with Crippen LogP contribution in [0.2, 0.25) is 5.02 Å². The van der Waals surface area contributed by atoms with Crippen LogP contribution >= 0.6 is 11.6 Å². The molecule has 0 unspecified atom stereocenters. The van der Waals surface area contributed by atoms with E-state index in [-0.39, 0.29) is 10.6 Å². The van der Waals surface area contributed by atoms with Gasteiger partial charge in [0.15, 0.2) is 0 Å². The molecule has 0 N–H and O–H groups in total. The van der Waals surface area contributed by atoms with Gasteiger partial charge in [-0.2, -0.15) is 0 Å². The Morgan fingerprint density at radius 1 is 1.07 bits per heavy atom. The summed E-state index contributed by atoms with van der Waals surface area (Å²) in [6.07, 6.45) is 2.06. The van der Waals surface area contributed by atoms with Crippen molar-refractivity contribution in [2.75, 3.05) is 6.61 Å². The second-order valence-electron chi connectivity index (χ2n) is 6.21. The fraction of sp³-hybridized carbons (Fsp3) is 0.143. The fourth-order valence-electron chi connectivity index (χ4n) is 3.05. The van der Waals surface area contributed by atoms with Crippen LogP contribution in [0.4, 0.5) is 4.39 Å². The number of benzene rings is 3. The molecule has 3 aromatic carbocycles. The summed E-state index contributed by atoms with van der Waals surface area (Å²) in [5.41, 5.74) is 0.0530. The van der Waals surface area contributed by atoms with Crippen LogP contribution in [0, 0.1) is 5.82 Å². The van der Waals surface area contributed by atoms with Crippen molar-refractivity contribution in [3.05, 3.63) is 82.1 Å². The zero-order valence-corrected chi connectivity index (χ0v) is 15.1. The summed E-state index contributed by atoms with van der Waals surface area (Å²) >= 11 is 5.78. The smallest absolute Gasteiger partial charge is 0.261 e. The van der Waals surface area contributed by atoms with Gasteiger partial charge in [0, 0.05) is 18.0 Å². The van der Waals surface area contributed by atoms with Gasteiger partial charge >= 0.3 is 0 Å². The summed E-state index contributed by atoms with van der Waals surface area (Å²) in [5.74, 6) is 0.233. The summed E-state index contributed by atoms with van der Waals surface area (Å²) in [5, 5.41) is 2.40. The maximum Gasteiger partial charge on any atom is 0.261 e. The Kier molecular flexibility index (Phi) is 4.77. The van der Waals surface area contributed by atoms with Crippen molar-refractivity contribution in [3.8, 4) is 5.75 Å². The van der Waals surface area contributed by atoms with Crippen molar-refractivity contribution in [1.82, 2.24) is 9.55 Å². The van der Waals surface area contributed by atoms with Crippen molar-refractivity contribution in [3.63, 3.8) is 0 Å². The van der Waals surface area contributed by atoms with E-state index >= 15 is 0 Å². The van der Waals surface area contributed by atoms with Gasteiger partial charge in [-0.25, -0.2) is 9.37 Å². The minimum atomic E-state index is -0.586. The SMILES string of the molecule is O=c1c2cc(Cl)c(F)cc2ncn1CCCOc1cccc2ccccc12. The van der Waals surface area contributed by atoms with Gasteiger partial charge < -0.3 is 4.74 Å². The molecule has 0 atom stereocenters. The third-order valence-electron chi connectivity index (χ3n) is 4.42. The molecule has 6 heteroatoms. The lowest BCUT2D eigenvalue weighted by Crippen LogP contribution is -2.21. The molecule has 4 nitrogen and oxygen atoms in total. The van der Waals surface area contributed by atoms with Crippen LogP contribution in [0.25, 0.3) is 21.7 Å². The fourth-order valence-corrected chi connectivity index (χ4v) is 3.22. The highest BCUT2D eigenvalue weighted by atomic mass is 35.5. The van der Waals surface area contributed by atoms with Crippen molar-refractivity contribution in [2.24, 2.45) is 0 Å². The third kappa shape index (κ3) is 3.51. The molecule has 0 bridgehead atoms. The molecular weight excluding hydrogens is 367 g/mol. The van der Waals surface area contributed by atoms with Gasteiger partial charge in [-0.1, -0.05) is 48.0 Å². The first kappa shape index (κ1) is 17.5. The molecule has 0 aliphatic heterocycles. The lowest BCUT2D eigenvalue weighted by molar-refractivity contribution is 0.304. The molecule has 0 saturated carbocycles. The Hall–Kier alpha value is -2.92. The van der Waals surface area contributed by atoms with Crippen LogP contribution < -0.4 is 10.3 Å². The summed E-state index contributed by atoms with van der Waals surface area (Å²) < 4.78 is 20.9. The molecule has 0 saturated heterocycles. The average molecular weight is 383 g/mol. The lowest BCUT2D eigenvalue weighted by Gasteiger charge is -2.10. The number of rotatable bonds is 5. The van der Waals surface area contributed by atoms with E-state index in [9.17, 15) is 9.18 Å². The predicted octanol–water partition coefficient (Wildman–Crippen LogP) is 4.81.